The maximum absolute atomic E-state index is 11.5. The molecule has 27 heavy (non-hydrogen) atoms. The van der Waals surface area contributed by atoms with Crippen LogP contribution in [0.25, 0.3) is 11.1 Å². The summed E-state index contributed by atoms with van der Waals surface area (Å²) in [6.45, 7) is 3.12. The summed E-state index contributed by atoms with van der Waals surface area (Å²) >= 11 is 4.72. The molecular weight excluding hydrogens is 358 g/mol. The number of carbonyl (C=O) groups is 1. The van der Waals surface area contributed by atoms with Crippen LogP contribution in [0.5, 0.6) is 5.75 Å². The van der Waals surface area contributed by atoms with Crippen molar-refractivity contribution in [1.29, 1.82) is 0 Å². The van der Waals surface area contributed by atoms with E-state index in [-0.39, 0.29) is 12.2 Å². The van der Waals surface area contributed by atoms with Crippen LogP contribution >= 0.6 is 12.6 Å². The predicted octanol–water partition coefficient (Wildman–Crippen LogP) is 5.39. The van der Waals surface area contributed by atoms with Crippen LogP contribution in [0, 0.1) is 0 Å². The van der Waals surface area contributed by atoms with Gasteiger partial charge >= 0.3 is 5.97 Å². The highest BCUT2D eigenvalue weighted by Gasteiger charge is 2.24. The van der Waals surface area contributed by atoms with Crippen molar-refractivity contribution >= 4 is 30.0 Å². The van der Waals surface area contributed by atoms with Crippen molar-refractivity contribution in [3.8, 4) is 16.9 Å². The highest BCUT2D eigenvalue weighted by atomic mass is 32.1. The lowest BCUT2D eigenvalue weighted by Crippen LogP contribution is -2.17. The molecule has 1 heterocycles. The first-order chi connectivity index (χ1) is 13.1. The summed E-state index contributed by atoms with van der Waals surface area (Å²) in [5.74, 6) is -0.199. The largest absolute Gasteiger partial charge is 0.488 e. The molecule has 1 aliphatic heterocycles. The van der Waals surface area contributed by atoms with Gasteiger partial charge in [0, 0.05) is 34.3 Å². The highest BCUT2D eigenvalue weighted by molar-refractivity contribution is 7.80. The normalized spacial score (nSPS) is 11.9. The van der Waals surface area contributed by atoms with Gasteiger partial charge in [0.1, 0.15) is 12.4 Å². The Bertz CT molecular complexity index is 1020. The number of para-hydroxylation sites is 1. The molecule has 3 aromatic rings. The third kappa shape index (κ3) is 3.04. The van der Waals surface area contributed by atoms with Crippen LogP contribution in [-0.4, -0.2) is 17.6 Å². The monoisotopic (exact) mass is 377 g/mol. The number of anilines is 2. The Morgan fingerprint density at radius 3 is 2.59 bits per heavy atom. The number of thiol groups is 1. The Kier molecular flexibility index (Phi) is 4.54. The first kappa shape index (κ1) is 17.5. The van der Waals surface area contributed by atoms with Gasteiger partial charge in [-0.25, -0.2) is 4.79 Å². The quantitative estimate of drug-likeness (QED) is 0.599. The van der Waals surface area contributed by atoms with Crippen molar-refractivity contribution in [2.45, 2.75) is 18.4 Å². The summed E-state index contributed by atoms with van der Waals surface area (Å²) in [6.07, 6.45) is 0. The molecule has 1 N–H and O–H groups in total. The van der Waals surface area contributed by atoms with Crippen LogP contribution in [0.3, 0.4) is 0 Å². The standard InChI is InChI=1S/C22H19NO3S/c1-2-23(14-7-4-3-5-8-14)19-12-20-17(11-21(19)27)15-9-6-10-16(22(24)25)18(15)13-26-20/h3-12,27H,2,13H2,1H3,(H,24,25). The number of fused-ring (bicyclic) bond motifs is 3. The lowest BCUT2D eigenvalue weighted by atomic mass is 9.93. The Labute approximate surface area is 163 Å². The van der Waals surface area contributed by atoms with E-state index >= 15 is 0 Å². The number of benzene rings is 3. The van der Waals surface area contributed by atoms with E-state index in [0.717, 1.165) is 39.7 Å². The van der Waals surface area contributed by atoms with E-state index in [4.69, 9.17) is 17.4 Å². The summed E-state index contributed by atoms with van der Waals surface area (Å²) in [4.78, 5) is 14.5. The van der Waals surface area contributed by atoms with Crippen LogP contribution in [-0.2, 0) is 6.61 Å². The van der Waals surface area contributed by atoms with Gasteiger partial charge in [0.15, 0.2) is 0 Å². The minimum Gasteiger partial charge on any atom is -0.488 e. The third-order valence-corrected chi connectivity index (χ3v) is 5.18. The molecule has 0 fully saturated rings. The van der Waals surface area contributed by atoms with Gasteiger partial charge in [-0.15, -0.1) is 12.6 Å². The van der Waals surface area contributed by atoms with Gasteiger partial charge in [-0.3, -0.25) is 0 Å². The maximum Gasteiger partial charge on any atom is 0.336 e. The lowest BCUT2D eigenvalue weighted by molar-refractivity contribution is 0.0694. The van der Waals surface area contributed by atoms with Crippen molar-refractivity contribution in [3.05, 3.63) is 71.8 Å². The highest BCUT2D eigenvalue weighted by Crippen LogP contribution is 2.44. The lowest BCUT2D eigenvalue weighted by Gasteiger charge is -2.28. The van der Waals surface area contributed by atoms with E-state index in [1.165, 1.54) is 0 Å². The molecule has 4 rings (SSSR count). The average molecular weight is 377 g/mol. The maximum atomic E-state index is 11.5. The van der Waals surface area contributed by atoms with Crippen LogP contribution in [0.4, 0.5) is 11.4 Å². The van der Waals surface area contributed by atoms with E-state index in [1.807, 2.05) is 36.4 Å². The number of rotatable bonds is 4. The topological polar surface area (TPSA) is 49.8 Å². The van der Waals surface area contributed by atoms with Gasteiger partial charge in [-0.2, -0.15) is 0 Å². The zero-order chi connectivity index (χ0) is 19.0. The van der Waals surface area contributed by atoms with Crippen molar-refractivity contribution in [2.24, 2.45) is 0 Å². The number of ether oxygens (including phenoxy) is 1. The average Bonchev–Trinajstić information content (AvgIpc) is 2.69. The van der Waals surface area contributed by atoms with Gasteiger partial charge < -0.3 is 14.7 Å². The number of nitrogens with zero attached hydrogens (tertiary/aromatic N) is 1. The first-order valence-corrected chi connectivity index (χ1v) is 9.22. The molecule has 0 aromatic heterocycles. The minimum atomic E-state index is -0.942. The van der Waals surface area contributed by atoms with Gasteiger partial charge in [0.05, 0.1) is 11.3 Å². The summed E-state index contributed by atoms with van der Waals surface area (Å²) < 4.78 is 5.94. The predicted molar refractivity (Wildman–Crippen MR) is 110 cm³/mol. The van der Waals surface area contributed by atoms with Crippen molar-refractivity contribution in [3.63, 3.8) is 0 Å². The van der Waals surface area contributed by atoms with E-state index in [2.05, 4.69) is 24.0 Å². The molecule has 0 bridgehead atoms. The SMILES string of the molecule is CCN(c1ccccc1)c1cc2c(cc1S)-c1cccc(C(=O)O)c1CO2. The molecule has 0 amide bonds. The van der Waals surface area contributed by atoms with E-state index < -0.39 is 5.97 Å². The number of hydrogen-bond donors (Lipinski definition) is 2. The van der Waals surface area contributed by atoms with Crippen molar-refractivity contribution in [2.75, 3.05) is 11.4 Å². The second kappa shape index (κ2) is 7.00. The number of hydrogen-bond acceptors (Lipinski definition) is 4. The molecule has 0 spiro atoms. The number of carboxylic acids is 1. The van der Waals surface area contributed by atoms with Gasteiger partial charge in [0.25, 0.3) is 0 Å². The Morgan fingerprint density at radius 1 is 1.11 bits per heavy atom. The molecule has 0 radical (unpaired) electrons. The van der Waals surface area contributed by atoms with Gasteiger partial charge in [0.2, 0.25) is 0 Å². The number of aromatic carboxylic acids is 1. The molecule has 4 nitrogen and oxygen atoms in total. The smallest absolute Gasteiger partial charge is 0.336 e. The van der Waals surface area contributed by atoms with Crippen molar-refractivity contribution in [1.82, 2.24) is 0 Å². The fraction of sp³-hybridized carbons (Fsp3) is 0.136. The molecule has 0 atom stereocenters. The molecular formula is C22H19NO3S. The summed E-state index contributed by atoms with van der Waals surface area (Å²) in [5, 5.41) is 9.44. The Hall–Kier alpha value is -2.92. The minimum absolute atomic E-state index is 0.244. The first-order valence-electron chi connectivity index (χ1n) is 8.78. The fourth-order valence-electron chi connectivity index (χ4n) is 3.55. The third-order valence-electron chi connectivity index (χ3n) is 4.82. The zero-order valence-corrected chi connectivity index (χ0v) is 15.7. The second-order valence-electron chi connectivity index (χ2n) is 6.34. The second-order valence-corrected chi connectivity index (χ2v) is 6.82. The van der Waals surface area contributed by atoms with Crippen molar-refractivity contribution < 1.29 is 14.6 Å². The van der Waals surface area contributed by atoms with E-state index in [9.17, 15) is 9.90 Å². The molecule has 1 aliphatic rings. The molecule has 3 aromatic carbocycles. The summed E-state index contributed by atoms with van der Waals surface area (Å²) in [5.41, 5.74) is 4.79. The van der Waals surface area contributed by atoms with Crippen LogP contribution in [0.2, 0.25) is 0 Å². The molecule has 5 heteroatoms. The molecule has 0 saturated heterocycles. The Balaban J connectivity index is 1.84. The fourth-order valence-corrected chi connectivity index (χ4v) is 3.86. The van der Waals surface area contributed by atoms with E-state index in [0.29, 0.717) is 5.56 Å². The summed E-state index contributed by atoms with van der Waals surface area (Å²) in [7, 11) is 0. The Morgan fingerprint density at radius 2 is 1.89 bits per heavy atom. The van der Waals surface area contributed by atoms with Crippen LogP contribution < -0.4 is 9.64 Å². The molecule has 0 saturated carbocycles. The van der Waals surface area contributed by atoms with E-state index in [1.54, 1.807) is 12.1 Å². The zero-order valence-electron chi connectivity index (χ0n) is 14.8. The van der Waals surface area contributed by atoms with Crippen LogP contribution in [0.1, 0.15) is 22.8 Å². The van der Waals surface area contributed by atoms with Crippen LogP contribution in [0.15, 0.2) is 65.6 Å². The molecule has 0 aliphatic carbocycles. The van der Waals surface area contributed by atoms with Gasteiger partial charge in [-0.05, 0) is 36.8 Å². The summed E-state index contributed by atoms with van der Waals surface area (Å²) in [6, 6.07) is 19.4. The number of carboxylic acid groups (broad SMARTS) is 1. The van der Waals surface area contributed by atoms with Gasteiger partial charge in [-0.1, -0.05) is 30.3 Å². The molecule has 136 valence electrons. The molecule has 0 unspecified atom stereocenters.